The van der Waals surface area contributed by atoms with Crippen molar-refractivity contribution < 1.29 is 4.79 Å². The molecule has 0 saturated heterocycles. The Morgan fingerprint density at radius 3 is 3.00 bits per heavy atom. The number of fused-ring (bicyclic) bond motifs is 1. The number of carbonyl (C=O) groups excluding carboxylic acids is 1. The maximum absolute atomic E-state index is 11.2. The van der Waals surface area contributed by atoms with Crippen molar-refractivity contribution >= 4 is 11.3 Å². The van der Waals surface area contributed by atoms with Crippen LogP contribution in [0.25, 0.3) is 5.52 Å². The minimum Gasteiger partial charge on any atom is -0.294 e. The number of ketones is 1. The number of nitrogens with zero attached hydrogens (tertiary/aromatic N) is 2. The molecule has 2 rings (SSSR count). The second-order valence-electron chi connectivity index (χ2n) is 3.10. The van der Waals surface area contributed by atoms with Crippen molar-refractivity contribution in [1.82, 2.24) is 9.61 Å². The maximum Gasteiger partial charge on any atom is 0.163 e. The van der Waals surface area contributed by atoms with Gasteiger partial charge >= 0.3 is 0 Å². The fourth-order valence-corrected chi connectivity index (χ4v) is 1.47. The normalized spacial score (nSPS) is 10.6. The Hall–Kier alpha value is -1.64. The lowest BCUT2D eigenvalue weighted by Crippen LogP contribution is -1.93. The van der Waals surface area contributed by atoms with Crippen LogP contribution in [-0.2, 0) is 0 Å². The van der Waals surface area contributed by atoms with Crippen LogP contribution in [0.1, 0.15) is 22.8 Å². The van der Waals surface area contributed by atoms with E-state index in [4.69, 9.17) is 0 Å². The summed E-state index contributed by atoms with van der Waals surface area (Å²) in [6.45, 7) is 3.53. The van der Waals surface area contributed by atoms with Gasteiger partial charge in [0.15, 0.2) is 5.78 Å². The molecule has 2 heterocycles. The summed E-state index contributed by atoms with van der Waals surface area (Å²) >= 11 is 0. The van der Waals surface area contributed by atoms with E-state index in [1.807, 2.05) is 25.3 Å². The van der Waals surface area contributed by atoms with E-state index in [1.165, 1.54) is 0 Å². The average molecular weight is 174 g/mol. The monoisotopic (exact) mass is 174 g/mol. The molecule has 0 aliphatic heterocycles. The predicted molar refractivity (Wildman–Crippen MR) is 49.9 cm³/mol. The van der Waals surface area contributed by atoms with Crippen LogP contribution in [0.15, 0.2) is 24.5 Å². The Morgan fingerprint density at radius 2 is 2.31 bits per heavy atom. The Labute approximate surface area is 76.0 Å². The molecule has 0 saturated carbocycles. The van der Waals surface area contributed by atoms with Crippen molar-refractivity contribution in [3.05, 3.63) is 35.7 Å². The molecule has 0 bridgehead atoms. The number of carbonyl (C=O) groups is 1. The molecule has 0 unspecified atom stereocenters. The third-order valence-electron chi connectivity index (χ3n) is 2.12. The molecule has 0 radical (unpaired) electrons. The zero-order valence-electron chi connectivity index (χ0n) is 7.61. The summed E-state index contributed by atoms with van der Waals surface area (Å²) in [4.78, 5) is 11.2. The van der Waals surface area contributed by atoms with E-state index in [2.05, 4.69) is 5.10 Å². The van der Waals surface area contributed by atoms with E-state index in [0.717, 1.165) is 11.1 Å². The number of aryl methyl sites for hydroxylation is 1. The molecule has 0 fully saturated rings. The molecule has 13 heavy (non-hydrogen) atoms. The van der Waals surface area contributed by atoms with Crippen molar-refractivity contribution in [3.8, 4) is 0 Å². The van der Waals surface area contributed by atoms with Crippen molar-refractivity contribution in [3.63, 3.8) is 0 Å². The molecule has 66 valence electrons. The van der Waals surface area contributed by atoms with Gasteiger partial charge in [-0.15, -0.1) is 0 Å². The number of rotatable bonds is 1. The van der Waals surface area contributed by atoms with Gasteiger partial charge in [0.2, 0.25) is 0 Å². The maximum atomic E-state index is 11.2. The van der Waals surface area contributed by atoms with Crippen LogP contribution < -0.4 is 0 Å². The molecular formula is C10H10N2O. The Balaban J connectivity index is 2.86. The van der Waals surface area contributed by atoms with Gasteiger partial charge in [0, 0.05) is 6.20 Å². The quantitative estimate of drug-likeness (QED) is 0.618. The fourth-order valence-electron chi connectivity index (χ4n) is 1.47. The zero-order valence-corrected chi connectivity index (χ0v) is 7.61. The van der Waals surface area contributed by atoms with Crippen LogP contribution in [0.4, 0.5) is 0 Å². The topological polar surface area (TPSA) is 34.4 Å². The molecule has 0 aliphatic carbocycles. The second-order valence-corrected chi connectivity index (χ2v) is 3.10. The number of Topliss-reactive ketones (excluding diaryl/α,β-unsaturated/α-hetero) is 1. The fraction of sp³-hybridized carbons (Fsp3) is 0.200. The summed E-state index contributed by atoms with van der Waals surface area (Å²) < 4.78 is 1.73. The largest absolute Gasteiger partial charge is 0.294 e. The summed E-state index contributed by atoms with van der Waals surface area (Å²) in [6, 6.07) is 3.89. The standard InChI is InChI=1S/C10H10N2O/c1-7-4-3-5-12-10(7)9(6-11-12)8(2)13/h3-6H,1-2H3. The van der Waals surface area contributed by atoms with Crippen molar-refractivity contribution in [2.75, 3.05) is 0 Å². The third-order valence-corrected chi connectivity index (χ3v) is 2.12. The van der Waals surface area contributed by atoms with E-state index in [-0.39, 0.29) is 5.78 Å². The summed E-state index contributed by atoms with van der Waals surface area (Å²) in [6.07, 6.45) is 3.46. The van der Waals surface area contributed by atoms with Crippen LogP contribution in [0, 0.1) is 6.92 Å². The Bertz CT molecular complexity index is 471. The highest BCUT2D eigenvalue weighted by Gasteiger charge is 2.09. The molecular weight excluding hydrogens is 164 g/mol. The summed E-state index contributed by atoms with van der Waals surface area (Å²) in [5, 5.41) is 4.10. The number of pyridine rings is 1. The number of hydrogen-bond acceptors (Lipinski definition) is 2. The van der Waals surface area contributed by atoms with E-state index in [1.54, 1.807) is 17.6 Å². The Morgan fingerprint density at radius 1 is 1.54 bits per heavy atom. The summed E-state index contributed by atoms with van der Waals surface area (Å²) in [5.41, 5.74) is 2.68. The summed E-state index contributed by atoms with van der Waals surface area (Å²) in [7, 11) is 0. The summed E-state index contributed by atoms with van der Waals surface area (Å²) in [5.74, 6) is 0.0595. The van der Waals surface area contributed by atoms with E-state index >= 15 is 0 Å². The van der Waals surface area contributed by atoms with Crippen molar-refractivity contribution in [2.45, 2.75) is 13.8 Å². The first-order valence-electron chi connectivity index (χ1n) is 4.14. The van der Waals surface area contributed by atoms with Crippen LogP contribution in [0.5, 0.6) is 0 Å². The third kappa shape index (κ3) is 1.13. The SMILES string of the molecule is CC(=O)c1cnn2cccc(C)c12. The molecule has 3 nitrogen and oxygen atoms in total. The van der Waals surface area contributed by atoms with Gasteiger partial charge < -0.3 is 0 Å². The van der Waals surface area contributed by atoms with Crippen LogP contribution >= 0.6 is 0 Å². The van der Waals surface area contributed by atoms with Gasteiger partial charge in [-0.25, -0.2) is 4.52 Å². The first kappa shape index (κ1) is 7.98. The molecule has 2 aromatic heterocycles. The van der Waals surface area contributed by atoms with Gasteiger partial charge in [0.25, 0.3) is 0 Å². The highest BCUT2D eigenvalue weighted by molar-refractivity contribution is 6.01. The smallest absolute Gasteiger partial charge is 0.163 e. The molecule has 0 spiro atoms. The number of hydrogen-bond donors (Lipinski definition) is 0. The van der Waals surface area contributed by atoms with E-state index in [9.17, 15) is 4.79 Å². The lowest BCUT2D eigenvalue weighted by molar-refractivity contribution is 0.101. The van der Waals surface area contributed by atoms with E-state index in [0.29, 0.717) is 5.56 Å². The first-order valence-corrected chi connectivity index (χ1v) is 4.14. The highest BCUT2D eigenvalue weighted by Crippen LogP contribution is 2.14. The van der Waals surface area contributed by atoms with Gasteiger partial charge in [0.05, 0.1) is 17.3 Å². The van der Waals surface area contributed by atoms with Crippen LogP contribution in [0.2, 0.25) is 0 Å². The molecule has 3 heteroatoms. The molecule has 2 aromatic rings. The van der Waals surface area contributed by atoms with Gasteiger partial charge in [0.1, 0.15) is 0 Å². The van der Waals surface area contributed by atoms with Gasteiger partial charge in [-0.1, -0.05) is 6.07 Å². The molecule has 0 amide bonds. The van der Waals surface area contributed by atoms with Gasteiger partial charge in [-0.2, -0.15) is 5.10 Å². The van der Waals surface area contributed by atoms with E-state index < -0.39 is 0 Å². The minimum atomic E-state index is 0.0595. The second kappa shape index (κ2) is 2.69. The molecule has 0 aliphatic rings. The molecule has 0 atom stereocenters. The van der Waals surface area contributed by atoms with Crippen molar-refractivity contribution in [2.24, 2.45) is 0 Å². The lowest BCUT2D eigenvalue weighted by atomic mass is 10.1. The average Bonchev–Trinajstić information content (AvgIpc) is 2.49. The minimum absolute atomic E-state index is 0.0595. The Kier molecular flexibility index (Phi) is 1.65. The van der Waals surface area contributed by atoms with Crippen LogP contribution in [-0.4, -0.2) is 15.4 Å². The first-order chi connectivity index (χ1) is 6.20. The van der Waals surface area contributed by atoms with Gasteiger partial charge in [-0.05, 0) is 25.5 Å². The van der Waals surface area contributed by atoms with Crippen molar-refractivity contribution in [1.29, 1.82) is 0 Å². The number of aromatic nitrogens is 2. The molecule has 0 aromatic carbocycles. The lowest BCUT2D eigenvalue weighted by Gasteiger charge is -1.98. The highest BCUT2D eigenvalue weighted by atomic mass is 16.1. The predicted octanol–water partition coefficient (Wildman–Crippen LogP) is 1.85. The van der Waals surface area contributed by atoms with Crippen LogP contribution in [0.3, 0.4) is 0 Å². The van der Waals surface area contributed by atoms with Gasteiger partial charge in [-0.3, -0.25) is 4.79 Å². The molecule has 0 N–H and O–H groups in total. The zero-order chi connectivity index (χ0) is 9.42.